The normalized spacial score (nSPS) is 21.6. The SMILES string of the molecule is C[C@@H]1[C@H](C)CCC[C@H]1NC(=O)CCn1cnc2onc(-c3ccc(F)cc3)c2c1=O. The fraction of sp³-hybridized carbons (Fsp3) is 0.455. The Morgan fingerprint density at radius 2 is 2.03 bits per heavy atom. The fourth-order valence-corrected chi connectivity index (χ4v) is 4.13. The van der Waals surface area contributed by atoms with E-state index in [1.165, 1.54) is 41.6 Å². The summed E-state index contributed by atoms with van der Waals surface area (Å²) >= 11 is 0. The lowest BCUT2D eigenvalue weighted by Crippen LogP contribution is -2.44. The van der Waals surface area contributed by atoms with E-state index in [-0.39, 0.29) is 47.4 Å². The summed E-state index contributed by atoms with van der Waals surface area (Å²) in [5.74, 6) is 0.585. The second kappa shape index (κ2) is 8.38. The first-order chi connectivity index (χ1) is 14.4. The maximum absolute atomic E-state index is 13.2. The molecule has 0 spiro atoms. The first-order valence-corrected chi connectivity index (χ1v) is 10.3. The van der Waals surface area contributed by atoms with E-state index in [1.807, 2.05) is 0 Å². The molecule has 0 unspecified atom stereocenters. The molecule has 7 nitrogen and oxygen atoms in total. The molecule has 8 heteroatoms. The first kappa shape index (κ1) is 20.3. The number of nitrogens with zero attached hydrogens (tertiary/aromatic N) is 3. The molecule has 30 heavy (non-hydrogen) atoms. The van der Waals surface area contributed by atoms with Crippen LogP contribution in [0, 0.1) is 17.7 Å². The van der Waals surface area contributed by atoms with E-state index < -0.39 is 0 Å². The molecule has 1 fully saturated rings. The first-order valence-electron chi connectivity index (χ1n) is 10.3. The lowest BCUT2D eigenvalue weighted by Gasteiger charge is -2.34. The van der Waals surface area contributed by atoms with E-state index in [4.69, 9.17) is 4.52 Å². The molecule has 1 saturated carbocycles. The number of hydrogen-bond acceptors (Lipinski definition) is 5. The molecule has 2 heterocycles. The third kappa shape index (κ3) is 3.99. The number of carbonyl (C=O) groups is 1. The fourth-order valence-electron chi connectivity index (χ4n) is 4.13. The Balaban J connectivity index is 1.50. The molecule has 1 aliphatic carbocycles. The van der Waals surface area contributed by atoms with Gasteiger partial charge < -0.3 is 9.84 Å². The molecule has 1 N–H and O–H groups in total. The van der Waals surface area contributed by atoms with Gasteiger partial charge in [0.2, 0.25) is 5.91 Å². The number of amides is 1. The highest BCUT2D eigenvalue weighted by molar-refractivity contribution is 5.88. The van der Waals surface area contributed by atoms with Crippen LogP contribution in [0.4, 0.5) is 4.39 Å². The van der Waals surface area contributed by atoms with Gasteiger partial charge in [-0.3, -0.25) is 14.2 Å². The van der Waals surface area contributed by atoms with Crippen LogP contribution >= 0.6 is 0 Å². The summed E-state index contributed by atoms with van der Waals surface area (Å²) in [5.41, 5.74) is 0.648. The summed E-state index contributed by atoms with van der Waals surface area (Å²) in [6, 6.07) is 5.83. The molecule has 1 aromatic carbocycles. The third-order valence-corrected chi connectivity index (χ3v) is 6.21. The number of rotatable bonds is 5. The topological polar surface area (TPSA) is 90.0 Å². The van der Waals surface area contributed by atoms with Crippen molar-refractivity contribution in [2.24, 2.45) is 11.8 Å². The Kier molecular flexibility index (Phi) is 5.65. The van der Waals surface area contributed by atoms with Crippen molar-refractivity contribution in [1.29, 1.82) is 0 Å². The van der Waals surface area contributed by atoms with E-state index in [0.29, 0.717) is 23.1 Å². The van der Waals surface area contributed by atoms with Crippen LogP contribution in [0.5, 0.6) is 0 Å². The second-order valence-corrected chi connectivity index (χ2v) is 8.15. The zero-order valence-corrected chi connectivity index (χ0v) is 17.1. The monoisotopic (exact) mass is 412 g/mol. The largest absolute Gasteiger partial charge is 0.353 e. The zero-order valence-electron chi connectivity index (χ0n) is 17.1. The van der Waals surface area contributed by atoms with Crippen molar-refractivity contribution < 1.29 is 13.7 Å². The molecule has 0 bridgehead atoms. The Labute approximate surface area is 173 Å². The third-order valence-electron chi connectivity index (χ3n) is 6.21. The predicted octanol–water partition coefficient (Wildman–Crippen LogP) is 3.52. The van der Waals surface area contributed by atoms with Gasteiger partial charge in [-0.1, -0.05) is 31.8 Å². The molecule has 0 saturated heterocycles. The van der Waals surface area contributed by atoms with E-state index in [1.54, 1.807) is 0 Å². The van der Waals surface area contributed by atoms with Crippen LogP contribution in [-0.2, 0) is 11.3 Å². The number of carbonyl (C=O) groups excluding carboxylic acids is 1. The highest BCUT2D eigenvalue weighted by Gasteiger charge is 2.28. The summed E-state index contributed by atoms with van der Waals surface area (Å²) in [5, 5.41) is 7.28. The molecule has 3 atom stereocenters. The lowest BCUT2D eigenvalue weighted by molar-refractivity contribution is -0.122. The van der Waals surface area contributed by atoms with Gasteiger partial charge in [0.25, 0.3) is 11.3 Å². The Bertz CT molecular complexity index is 1110. The molecule has 1 aliphatic rings. The quantitative estimate of drug-likeness (QED) is 0.692. The molecule has 1 amide bonds. The summed E-state index contributed by atoms with van der Waals surface area (Å²) < 4.78 is 19.8. The number of nitrogens with one attached hydrogen (secondary N) is 1. The van der Waals surface area contributed by atoms with Crippen LogP contribution in [0.25, 0.3) is 22.4 Å². The van der Waals surface area contributed by atoms with Crippen molar-refractivity contribution in [3.05, 3.63) is 46.8 Å². The number of hydrogen-bond donors (Lipinski definition) is 1. The van der Waals surface area contributed by atoms with Gasteiger partial charge >= 0.3 is 0 Å². The summed E-state index contributed by atoms with van der Waals surface area (Å²) in [6.45, 7) is 4.61. The van der Waals surface area contributed by atoms with Crippen molar-refractivity contribution in [2.75, 3.05) is 0 Å². The van der Waals surface area contributed by atoms with Crippen LogP contribution in [-0.4, -0.2) is 26.7 Å². The van der Waals surface area contributed by atoms with Gasteiger partial charge in [-0.2, -0.15) is 0 Å². The molecule has 3 aromatic rings. The van der Waals surface area contributed by atoms with Gasteiger partial charge in [-0.15, -0.1) is 0 Å². The van der Waals surface area contributed by atoms with E-state index in [0.717, 1.165) is 12.8 Å². The number of benzene rings is 1. The molecular weight excluding hydrogens is 387 g/mol. The Morgan fingerprint density at radius 3 is 2.80 bits per heavy atom. The van der Waals surface area contributed by atoms with Gasteiger partial charge in [0, 0.05) is 24.6 Å². The van der Waals surface area contributed by atoms with Gasteiger partial charge in [0.1, 0.15) is 23.2 Å². The highest BCUT2D eigenvalue weighted by atomic mass is 19.1. The van der Waals surface area contributed by atoms with Crippen molar-refractivity contribution in [2.45, 2.75) is 52.1 Å². The van der Waals surface area contributed by atoms with E-state index in [2.05, 4.69) is 29.3 Å². The molecule has 4 rings (SSSR count). The van der Waals surface area contributed by atoms with Crippen molar-refractivity contribution in [3.8, 4) is 11.3 Å². The standard InChI is InChI=1S/C22H25FN4O3/c1-13-4-3-5-17(14(13)2)25-18(28)10-11-27-12-24-21-19(22(27)29)20(26-30-21)15-6-8-16(23)9-7-15/h6-9,12-14,17H,3-5,10-11H2,1-2H3,(H,25,28)/t13-,14-,17-/m1/s1. The molecule has 158 valence electrons. The second-order valence-electron chi connectivity index (χ2n) is 8.15. The number of halogens is 1. The number of aromatic nitrogens is 3. The number of aryl methyl sites for hydroxylation is 1. The average molecular weight is 412 g/mol. The minimum atomic E-state index is -0.380. The van der Waals surface area contributed by atoms with Crippen molar-refractivity contribution >= 4 is 17.0 Å². The summed E-state index contributed by atoms with van der Waals surface area (Å²) in [7, 11) is 0. The Hall–Kier alpha value is -3.03. The average Bonchev–Trinajstić information content (AvgIpc) is 3.16. The van der Waals surface area contributed by atoms with Crippen LogP contribution in [0.1, 0.15) is 39.5 Å². The van der Waals surface area contributed by atoms with E-state index >= 15 is 0 Å². The van der Waals surface area contributed by atoms with Gasteiger partial charge in [-0.05, 0) is 42.5 Å². The molecule has 0 radical (unpaired) electrons. The van der Waals surface area contributed by atoms with Crippen LogP contribution < -0.4 is 10.9 Å². The Morgan fingerprint density at radius 1 is 1.27 bits per heavy atom. The summed E-state index contributed by atoms with van der Waals surface area (Å²) in [4.78, 5) is 29.6. The molecule has 2 aromatic heterocycles. The van der Waals surface area contributed by atoms with E-state index in [9.17, 15) is 14.0 Å². The van der Waals surface area contributed by atoms with Crippen LogP contribution in [0.15, 0.2) is 39.9 Å². The van der Waals surface area contributed by atoms with Crippen LogP contribution in [0.2, 0.25) is 0 Å². The zero-order chi connectivity index (χ0) is 21.3. The predicted molar refractivity (Wildman–Crippen MR) is 110 cm³/mol. The smallest absolute Gasteiger partial charge is 0.266 e. The van der Waals surface area contributed by atoms with Crippen molar-refractivity contribution in [1.82, 2.24) is 20.0 Å². The van der Waals surface area contributed by atoms with Gasteiger partial charge in [0.05, 0.1) is 0 Å². The minimum absolute atomic E-state index is 0.0722. The lowest BCUT2D eigenvalue weighted by atomic mass is 9.78. The molecule has 0 aliphatic heterocycles. The van der Waals surface area contributed by atoms with Gasteiger partial charge in [0.15, 0.2) is 0 Å². The highest BCUT2D eigenvalue weighted by Crippen LogP contribution is 2.29. The number of fused-ring (bicyclic) bond motifs is 1. The maximum atomic E-state index is 13.2. The van der Waals surface area contributed by atoms with Crippen molar-refractivity contribution in [3.63, 3.8) is 0 Å². The van der Waals surface area contributed by atoms with Gasteiger partial charge in [-0.25, -0.2) is 9.37 Å². The summed E-state index contributed by atoms with van der Waals surface area (Å²) in [6.07, 6.45) is 4.86. The minimum Gasteiger partial charge on any atom is -0.353 e. The maximum Gasteiger partial charge on any atom is 0.266 e. The van der Waals surface area contributed by atoms with Crippen LogP contribution in [0.3, 0.4) is 0 Å². The molecular formula is C22H25FN4O3.